The number of nitrogens with zero attached hydrogens (tertiary/aromatic N) is 1. The minimum absolute atomic E-state index is 0.146. The second kappa shape index (κ2) is 2.26. The zero-order valence-corrected chi connectivity index (χ0v) is 4.92. The summed E-state index contributed by atoms with van der Waals surface area (Å²) < 4.78 is 0. The smallest absolute Gasteiger partial charge is 0.111 e. The Morgan fingerprint density at radius 2 is 2.62 bits per heavy atom. The van der Waals surface area contributed by atoms with Crippen molar-refractivity contribution in [3.8, 4) is 0 Å². The molecule has 1 aliphatic rings. The normalized spacial score (nSPS) is 29.5. The zero-order chi connectivity index (χ0) is 5.98. The van der Waals surface area contributed by atoms with Gasteiger partial charge in [0.1, 0.15) is 6.20 Å². The summed E-state index contributed by atoms with van der Waals surface area (Å²) in [6, 6.07) is 0. The SMILES string of the molecule is CCN1CC=C[NH+]1[O-]. The fourth-order valence-corrected chi connectivity index (χ4v) is 0.761. The van der Waals surface area contributed by atoms with Gasteiger partial charge in [0.2, 0.25) is 0 Å². The van der Waals surface area contributed by atoms with E-state index >= 15 is 0 Å². The monoisotopic (exact) mass is 114 g/mol. The second-order valence-electron chi connectivity index (χ2n) is 1.78. The van der Waals surface area contributed by atoms with Crippen molar-refractivity contribution in [1.82, 2.24) is 5.01 Å². The maximum atomic E-state index is 10.6. The molecule has 0 aromatic heterocycles. The van der Waals surface area contributed by atoms with E-state index < -0.39 is 0 Å². The van der Waals surface area contributed by atoms with Gasteiger partial charge in [-0.2, -0.15) is 0 Å². The second-order valence-corrected chi connectivity index (χ2v) is 1.78. The molecule has 0 aromatic rings. The Balaban J connectivity index is 2.38. The van der Waals surface area contributed by atoms with Crippen molar-refractivity contribution in [2.45, 2.75) is 6.92 Å². The fraction of sp³-hybridized carbons (Fsp3) is 0.600. The molecule has 0 saturated heterocycles. The van der Waals surface area contributed by atoms with Crippen LogP contribution in [0.5, 0.6) is 0 Å². The average Bonchev–Trinajstić information content (AvgIpc) is 2.14. The molecule has 1 aliphatic heterocycles. The molecule has 0 amide bonds. The van der Waals surface area contributed by atoms with Gasteiger partial charge in [-0.15, -0.1) is 5.01 Å². The van der Waals surface area contributed by atoms with Crippen molar-refractivity contribution < 1.29 is 5.17 Å². The van der Waals surface area contributed by atoms with E-state index in [4.69, 9.17) is 0 Å². The lowest BCUT2D eigenvalue weighted by Gasteiger charge is -2.23. The highest BCUT2D eigenvalue weighted by Crippen LogP contribution is 1.82. The number of hydrogen-bond acceptors (Lipinski definition) is 2. The van der Waals surface area contributed by atoms with Gasteiger partial charge in [-0.25, -0.2) is 0 Å². The number of hydroxylamine groups is 1. The summed E-state index contributed by atoms with van der Waals surface area (Å²) >= 11 is 0. The van der Waals surface area contributed by atoms with Gasteiger partial charge >= 0.3 is 0 Å². The van der Waals surface area contributed by atoms with E-state index in [0.29, 0.717) is 0 Å². The summed E-state index contributed by atoms with van der Waals surface area (Å²) in [5, 5.41) is 12.6. The first-order chi connectivity index (χ1) is 3.84. The van der Waals surface area contributed by atoms with Crippen LogP contribution in [0.2, 0.25) is 0 Å². The molecule has 0 aromatic carbocycles. The lowest BCUT2D eigenvalue weighted by atomic mass is 10.6. The lowest BCUT2D eigenvalue weighted by molar-refractivity contribution is -0.916. The quantitative estimate of drug-likeness (QED) is 0.449. The summed E-state index contributed by atoms with van der Waals surface area (Å²) in [4.78, 5) is 0. The van der Waals surface area contributed by atoms with E-state index in [1.807, 2.05) is 13.0 Å². The Hall–Kier alpha value is -0.380. The van der Waals surface area contributed by atoms with Crippen molar-refractivity contribution >= 4 is 0 Å². The Kier molecular flexibility index (Phi) is 1.62. The van der Waals surface area contributed by atoms with Crippen LogP contribution in [0.15, 0.2) is 12.3 Å². The van der Waals surface area contributed by atoms with Crippen LogP contribution in [0.4, 0.5) is 0 Å². The largest absolute Gasteiger partial charge is 0.608 e. The summed E-state index contributed by atoms with van der Waals surface area (Å²) in [6.07, 6.45) is 3.50. The predicted octanol–water partition coefficient (Wildman–Crippen LogP) is -0.867. The maximum absolute atomic E-state index is 10.6. The Bertz CT molecular complexity index is 103. The van der Waals surface area contributed by atoms with Crippen molar-refractivity contribution in [3.63, 3.8) is 0 Å². The first-order valence-corrected chi connectivity index (χ1v) is 2.80. The molecule has 1 rings (SSSR count). The topological polar surface area (TPSA) is 30.7 Å². The first kappa shape index (κ1) is 5.75. The Labute approximate surface area is 48.7 Å². The molecule has 1 heterocycles. The Morgan fingerprint density at radius 1 is 1.88 bits per heavy atom. The van der Waals surface area contributed by atoms with E-state index in [1.54, 1.807) is 11.2 Å². The molecule has 3 nitrogen and oxygen atoms in total. The molecule has 1 atom stereocenters. The van der Waals surface area contributed by atoms with Crippen LogP contribution < -0.4 is 5.17 Å². The number of quaternary nitrogens is 1. The molecule has 0 spiro atoms. The minimum atomic E-state index is 0.146. The molecule has 0 bridgehead atoms. The molecule has 0 fully saturated rings. The molecule has 0 aliphatic carbocycles. The summed E-state index contributed by atoms with van der Waals surface area (Å²) in [5.41, 5.74) is 0. The van der Waals surface area contributed by atoms with Gasteiger partial charge in [0.05, 0.1) is 6.54 Å². The zero-order valence-electron chi connectivity index (χ0n) is 4.92. The molecule has 8 heavy (non-hydrogen) atoms. The standard InChI is InChI=1S/C5H10N2O/c1-2-6-4-3-5-7(6)8/h3,5,7H,2,4H2,1H3. The predicted molar refractivity (Wildman–Crippen MR) is 30.7 cm³/mol. The van der Waals surface area contributed by atoms with Gasteiger partial charge in [-0.05, 0) is 13.0 Å². The third-order valence-electron chi connectivity index (χ3n) is 1.28. The molecule has 1 unspecified atom stereocenters. The molecule has 3 heteroatoms. The van der Waals surface area contributed by atoms with Gasteiger partial charge in [-0.3, -0.25) is 5.17 Å². The third-order valence-corrected chi connectivity index (χ3v) is 1.28. The van der Waals surface area contributed by atoms with Gasteiger partial charge < -0.3 is 5.21 Å². The Morgan fingerprint density at radius 3 is 2.88 bits per heavy atom. The fourth-order valence-electron chi connectivity index (χ4n) is 0.761. The van der Waals surface area contributed by atoms with E-state index in [0.717, 1.165) is 13.1 Å². The van der Waals surface area contributed by atoms with E-state index in [9.17, 15) is 5.21 Å². The van der Waals surface area contributed by atoms with Crippen LogP contribution in [0, 0.1) is 5.21 Å². The van der Waals surface area contributed by atoms with Gasteiger partial charge in [0.15, 0.2) is 0 Å². The molecule has 46 valence electrons. The van der Waals surface area contributed by atoms with Crippen LogP contribution in [0.25, 0.3) is 0 Å². The van der Waals surface area contributed by atoms with Crippen molar-refractivity contribution in [3.05, 3.63) is 17.5 Å². The average molecular weight is 114 g/mol. The summed E-state index contributed by atoms with van der Waals surface area (Å²) in [5.74, 6) is 0. The first-order valence-electron chi connectivity index (χ1n) is 2.80. The molecule has 0 radical (unpaired) electrons. The van der Waals surface area contributed by atoms with Gasteiger partial charge in [0, 0.05) is 6.54 Å². The number of likely N-dealkylation sites (N-methyl/N-ethyl adjacent to an activating group) is 1. The van der Waals surface area contributed by atoms with Gasteiger partial charge in [-0.1, -0.05) is 0 Å². The van der Waals surface area contributed by atoms with Crippen molar-refractivity contribution in [2.24, 2.45) is 0 Å². The van der Waals surface area contributed by atoms with Crippen molar-refractivity contribution in [2.75, 3.05) is 13.1 Å². The lowest BCUT2D eigenvalue weighted by Crippen LogP contribution is -3.08. The van der Waals surface area contributed by atoms with Crippen LogP contribution in [0.3, 0.4) is 0 Å². The molecular formula is C5H10N2O. The highest BCUT2D eigenvalue weighted by atomic mass is 16.5. The highest BCUT2D eigenvalue weighted by Gasteiger charge is 2.09. The highest BCUT2D eigenvalue weighted by molar-refractivity contribution is 4.79. The van der Waals surface area contributed by atoms with Crippen LogP contribution in [-0.4, -0.2) is 18.1 Å². The van der Waals surface area contributed by atoms with Crippen LogP contribution >= 0.6 is 0 Å². The molecular weight excluding hydrogens is 104 g/mol. The van der Waals surface area contributed by atoms with Gasteiger partial charge in [0.25, 0.3) is 0 Å². The number of hydrogen-bond donors (Lipinski definition) is 1. The number of rotatable bonds is 1. The van der Waals surface area contributed by atoms with E-state index in [2.05, 4.69) is 0 Å². The van der Waals surface area contributed by atoms with Crippen LogP contribution in [-0.2, 0) is 0 Å². The maximum Gasteiger partial charge on any atom is 0.111 e. The molecule has 1 N–H and O–H groups in total. The third kappa shape index (κ3) is 0.888. The van der Waals surface area contributed by atoms with Crippen molar-refractivity contribution in [1.29, 1.82) is 0 Å². The number of nitrogens with one attached hydrogen (secondary N) is 1. The summed E-state index contributed by atoms with van der Waals surface area (Å²) in [7, 11) is 0. The molecule has 0 saturated carbocycles. The van der Waals surface area contributed by atoms with E-state index in [-0.39, 0.29) is 5.17 Å². The van der Waals surface area contributed by atoms with E-state index in [1.165, 1.54) is 0 Å². The van der Waals surface area contributed by atoms with Crippen LogP contribution in [0.1, 0.15) is 6.92 Å². The minimum Gasteiger partial charge on any atom is -0.608 e. The summed E-state index contributed by atoms with van der Waals surface area (Å²) in [6.45, 7) is 3.60.